The van der Waals surface area contributed by atoms with Crippen molar-refractivity contribution in [1.29, 1.82) is 0 Å². The Morgan fingerprint density at radius 3 is 2.94 bits per heavy atom. The van der Waals surface area contributed by atoms with E-state index >= 15 is 0 Å². The Bertz CT molecular complexity index is 306. The molecule has 98 valence electrons. The Labute approximate surface area is 116 Å². The summed E-state index contributed by atoms with van der Waals surface area (Å²) < 4.78 is 6.18. The molecular formula is C12H21BrN2OS. The molecule has 0 aliphatic carbocycles. The SMILES string of the molecule is COCCCNCCN(C)Cc1cc(Br)cs1. The van der Waals surface area contributed by atoms with E-state index in [9.17, 15) is 0 Å². The number of halogens is 1. The molecular weight excluding hydrogens is 300 g/mol. The van der Waals surface area contributed by atoms with Crippen LogP contribution in [0, 0.1) is 0 Å². The molecule has 0 atom stereocenters. The van der Waals surface area contributed by atoms with Crippen molar-refractivity contribution in [3.05, 3.63) is 20.8 Å². The molecule has 0 bridgehead atoms. The van der Waals surface area contributed by atoms with E-state index in [1.165, 1.54) is 9.35 Å². The van der Waals surface area contributed by atoms with Crippen LogP contribution < -0.4 is 5.32 Å². The number of thiophene rings is 1. The van der Waals surface area contributed by atoms with E-state index in [1.54, 1.807) is 18.4 Å². The van der Waals surface area contributed by atoms with Crippen LogP contribution in [0.25, 0.3) is 0 Å². The molecule has 0 saturated carbocycles. The van der Waals surface area contributed by atoms with Gasteiger partial charge in [0.05, 0.1) is 0 Å². The summed E-state index contributed by atoms with van der Waals surface area (Å²) >= 11 is 5.28. The second kappa shape index (κ2) is 9.05. The smallest absolute Gasteiger partial charge is 0.0474 e. The monoisotopic (exact) mass is 320 g/mol. The number of rotatable bonds is 9. The summed E-state index contributed by atoms with van der Waals surface area (Å²) in [5, 5.41) is 5.55. The van der Waals surface area contributed by atoms with Gasteiger partial charge in [0.25, 0.3) is 0 Å². The molecule has 0 spiro atoms. The first-order valence-electron chi connectivity index (χ1n) is 5.83. The topological polar surface area (TPSA) is 24.5 Å². The molecule has 1 N–H and O–H groups in total. The molecule has 1 rings (SSSR count). The highest BCUT2D eigenvalue weighted by Gasteiger charge is 2.02. The zero-order valence-corrected chi connectivity index (χ0v) is 12.9. The molecule has 0 fully saturated rings. The standard InChI is InChI=1S/C12H21BrN2OS/c1-15(6-5-14-4-3-7-16-2)9-12-8-11(13)10-17-12/h8,10,14H,3-7,9H2,1-2H3. The first-order chi connectivity index (χ1) is 8.22. The third kappa shape index (κ3) is 7.16. The van der Waals surface area contributed by atoms with E-state index in [1.807, 2.05) is 0 Å². The fraction of sp³-hybridized carbons (Fsp3) is 0.667. The number of nitrogens with one attached hydrogen (secondary N) is 1. The van der Waals surface area contributed by atoms with Crippen LogP contribution in [0.1, 0.15) is 11.3 Å². The van der Waals surface area contributed by atoms with Gasteiger partial charge in [-0.1, -0.05) is 0 Å². The summed E-state index contributed by atoms with van der Waals surface area (Å²) in [6.07, 6.45) is 1.08. The van der Waals surface area contributed by atoms with Crippen LogP contribution in [0.2, 0.25) is 0 Å². The summed E-state index contributed by atoms with van der Waals surface area (Å²) in [6, 6.07) is 2.19. The lowest BCUT2D eigenvalue weighted by Gasteiger charge is -2.15. The van der Waals surface area contributed by atoms with Gasteiger partial charge in [0.15, 0.2) is 0 Å². The lowest BCUT2D eigenvalue weighted by molar-refractivity contribution is 0.194. The van der Waals surface area contributed by atoms with Crippen LogP contribution >= 0.6 is 27.3 Å². The van der Waals surface area contributed by atoms with Gasteiger partial charge in [-0.15, -0.1) is 11.3 Å². The molecule has 1 aromatic rings. The van der Waals surface area contributed by atoms with Crippen molar-refractivity contribution >= 4 is 27.3 Å². The van der Waals surface area contributed by atoms with Crippen LogP contribution in [0.15, 0.2) is 15.9 Å². The minimum atomic E-state index is 0.839. The molecule has 3 nitrogen and oxygen atoms in total. The van der Waals surface area contributed by atoms with Crippen molar-refractivity contribution in [2.24, 2.45) is 0 Å². The molecule has 0 amide bonds. The van der Waals surface area contributed by atoms with Crippen molar-refractivity contribution in [3.8, 4) is 0 Å². The van der Waals surface area contributed by atoms with Crippen molar-refractivity contribution in [3.63, 3.8) is 0 Å². The van der Waals surface area contributed by atoms with Gasteiger partial charge >= 0.3 is 0 Å². The third-order valence-corrected chi connectivity index (χ3v) is 4.10. The molecule has 5 heteroatoms. The minimum absolute atomic E-state index is 0.839. The lowest BCUT2D eigenvalue weighted by Crippen LogP contribution is -2.29. The number of likely N-dealkylation sites (N-methyl/N-ethyl adjacent to an activating group) is 1. The van der Waals surface area contributed by atoms with E-state index in [0.717, 1.165) is 39.2 Å². The number of hydrogen-bond acceptors (Lipinski definition) is 4. The van der Waals surface area contributed by atoms with Crippen LogP contribution in [0.4, 0.5) is 0 Å². The second-order valence-electron chi connectivity index (χ2n) is 4.07. The summed E-state index contributed by atoms with van der Waals surface area (Å²) in [6.45, 7) is 5.00. The summed E-state index contributed by atoms with van der Waals surface area (Å²) in [5.74, 6) is 0. The van der Waals surface area contributed by atoms with E-state index < -0.39 is 0 Å². The Balaban J connectivity index is 2.03. The van der Waals surface area contributed by atoms with Crippen molar-refractivity contribution < 1.29 is 4.74 Å². The first kappa shape index (κ1) is 15.1. The molecule has 0 saturated heterocycles. The van der Waals surface area contributed by atoms with E-state index in [2.05, 4.69) is 44.6 Å². The number of hydrogen-bond donors (Lipinski definition) is 1. The van der Waals surface area contributed by atoms with Crippen molar-refractivity contribution in [2.45, 2.75) is 13.0 Å². The molecule has 0 aromatic carbocycles. The second-order valence-corrected chi connectivity index (χ2v) is 5.98. The molecule has 0 aliphatic heterocycles. The molecule has 1 aromatic heterocycles. The highest BCUT2D eigenvalue weighted by atomic mass is 79.9. The van der Waals surface area contributed by atoms with Gasteiger partial charge in [-0.25, -0.2) is 0 Å². The maximum Gasteiger partial charge on any atom is 0.0474 e. The number of ether oxygens (including phenoxy) is 1. The summed E-state index contributed by atoms with van der Waals surface area (Å²) in [5.41, 5.74) is 0. The van der Waals surface area contributed by atoms with Gasteiger partial charge in [-0.2, -0.15) is 0 Å². The molecule has 17 heavy (non-hydrogen) atoms. The molecule has 0 unspecified atom stereocenters. The summed E-state index contributed by atoms with van der Waals surface area (Å²) in [4.78, 5) is 3.74. The van der Waals surface area contributed by atoms with E-state index in [-0.39, 0.29) is 0 Å². The average Bonchev–Trinajstić information content (AvgIpc) is 2.69. The van der Waals surface area contributed by atoms with Gasteiger partial charge < -0.3 is 15.0 Å². The molecule has 1 heterocycles. The Kier molecular flexibility index (Phi) is 8.05. The fourth-order valence-corrected chi connectivity index (χ4v) is 3.05. The largest absolute Gasteiger partial charge is 0.385 e. The maximum atomic E-state index is 5.00. The summed E-state index contributed by atoms with van der Waals surface area (Å²) in [7, 11) is 3.90. The Morgan fingerprint density at radius 1 is 1.47 bits per heavy atom. The zero-order valence-electron chi connectivity index (χ0n) is 10.5. The molecule has 0 radical (unpaired) electrons. The van der Waals surface area contributed by atoms with E-state index in [4.69, 9.17) is 4.74 Å². The van der Waals surface area contributed by atoms with E-state index in [0.29, 0.717) is 0 Å². The number of nitrogens with zero attached hydrogens (tertiary/aromatic N) is 1. The van der Waals surface area contributed by atoms with Crippen LogP contribution in [0.3, 0.4) is 0 Å². The Hall–Kier alpha value is 0.0600. The van der Waals surface area contributed by atoms with Crippen LogP contribution in [-0.2, 0) is 11.3 Å². The van der Waals surface area contributed by atoms with Crippen LogP contribution in [-0.4, -0.2) is 45.3 Å². The first-order valence-corrected chi connectivity index (χ1v) is 7.50. The average molecular weight is 321 g/mol. The predicted molar refractivity (Wildman–Crippen MR) is 77.7 cm³/mol. The predicted octanol–water partition coefficient (Wildman–Crippen LogP) is 2.57. The van der Waals surface area contributed by atoms with Crippen molar-refractivity contribution in [1.82, 2.24) is 10.2 Å². The normalized spacial score (nSPS) is 11.3. The lowest BCUT2D eigenvalue weighted by atomic mass is 10.4. The van der Waals surface area contributed by atoms with Gasteiger partial charge in [-0.05, 0) is 42.0 Å². The van der Waals surface area contributed by atoms with Gasteiger partial charge in [0.1, 0.15) is 0 Å². The molecule has 0 aliphatic rings. The highest BCUT2D eigenvalue weighted by Crippen LogP contribution is 2.20. The quantitative estimate of drug-likeness (QED) is 0.708. The highest BCUT2D eigenvalue weighted by molar-refractivity contribution is 9.10. The number of methoxy groups -OCH3 is 1. The van der Waals surface area contributed by atoms with Crippen LogP contribution in [0.5, 0.6) is 0 Å². The minimum Gasteiger partial charge on any atom is -0.385 e. The fourth-order valence-electron chi connectivity index (χ4n) is 1.52. The third-order valence-electron chi connectivity index (χ3n) is 2.42. The van der Waals surface area contributed by atoms with Gasteiger partial charge in [-0.3, -0.25) is 0 Å². The maximum absolute atomic E-state index is 5.00. The Morgan fingerprint density at radius 2 is 2.29 bits per heavy atom. The zero-order chi connectivity index (χ0) is 12.5. The van der Waals surface area contributed by atoms with Gasteiger partial charge in [0, 0.05) is 48.1 Å². The van der Waals surface area contributed by atoms with Crippen molar-refractivity contribution in [2.75, 3.05) is 40.4 Å². The van der Waals surface area contributed by atoms with Gasteiger partial charge in [0.2, 0.25) is 0 Å².